The van der Waals surface area contributed by atoms with E-state index in [0.717, 1.165) is 36.2 Å². The van der Waals surface area contributed by atoms with E-state index in [1.165, 1.54) is 22.3 Å². The molecule has 2 aromatic carbocycles. The van der Waals surface area contributed by atoms with Crippen molar-refractivity contribution in [1.29, 1.82) is 0 Å². The summed E-state index contributed by atoms with van der Waals surface area (Å²) in [5.74, 6) is 0.515. The Bertz CT molecular complexity index is 1410. The molecule has 5 rings (SSSR count). The lowest BCUT2D eigenvalue weighted by Crippen LogP contribution is -2.39. The van der Waals surface area contributed by atoms with E-state index in [1.54, 1.807) is 18.2 Å². The van der Waals surface area contributed by atoms with Crippen LogP contribution in [-0.2, 0) is 14.3 Å². The lowest BCUT2D eigenvalue weighted by molar-refractivity contribution is -0.151. The fourth-order valence-electron chi connectivity index (χ4n) is 7.84. The van der Waals surface area contributed by atoms with Crippen molar-refractivity contribution in [2.45, 2.75) is 98.5 Å². The van der Waals surface area contributed by atoms with Gasteiger partial charge in [-0.3, -0.25) is 4.79 Å². The van der Waals surface area contributed by atoms with Crippen molar-refractivity contribution in [2.75, 3.05) is 0 Å². The first kappa shape index (κ1) is 29.2. The lowest BCUT2D eigenvalue weighted by Gasteiger charge is -2.39. The number of ether oxygens (including phenoxy) is 1. The molecule has 5 heteroatoms. The summed E-state index contributed by atoms with van der Waals surface area (Å²) < 4.78 is 6.34. The summed E-state index contributed by atoms with van der Waals surface area (Å²) in [5, 5.41) is 13.9. The van der Waals surface area contributed by atoms with Crippen LogP contribution in [0.3, 0.4) is 0 Å². The van der Waals surface area contributed by atoms with Gasteiger partial charge in [0.15, 0.2) is 5.78 Å². The number of aromatic hydroxyl groups is 1. The van der Waals surface area contributed by atoms with Crippen LogP contribution in [0.2, 0.25) is 0 Å². The van der Waals surface area contributed by atoms with E-state index < -0.39 is 5.92 Å². The van der Waals surface area contributed by atoms with Gasteiger partial charge in [0.05, 0.1) is 5.57 Å². The number of Topliss-reactive ketones (excluding diaryl/α,β-unsaturated/α-hetero) is 1. The SMILES string of the molecule is CC1=C(C(=O)O[C@H]2C[C@@H](C)CC[C@@H]2C(C)C)C(c2cccc(O)c2)C2=C(CC(c3c(C)cc(C)cc3C)CC2=O)N1. The van der Waals surface area contributed by atoms with Crippen LogP contribution < -0.4 is 5.32 Å². The summed E-state index contributed by atoms with van der Waals surface area (Å²) in [5.41, 5.74) is 8.32. The van der Waals surface area contributed by atoms with Crippen LogP contribution in [0.15, 0.2) is 58.9 Å². The van der Waals surface area contributed by atoms with E-state index in [4.69, 9.17) is 4.74 Å². The maximum Gasteiger partial charge on any atom is 0.337 e. The number of carbonyl (C=O) groups excluding carboxylic acids is 2. The predicted octanol–water partition coefficient (Wildman–Crippen LogP) is 7.68. The third-order valence-electron chi connectivity index (χ3n) is 9.62. The highest BCUT2D eigenvalue weighted by Gasteiger charge is 2.43. The van der Waals surface area contributed by atoms with Crippen LogP contribution >= 0.6 is 0 Å². The summed E-state index contributed by atoms with van der Waals surface area (Å²) in [7, 11) is 0. The largest absolute Gasteiger partial charge is 0.508 e. The van der Waals surface area contributed by atoms with Gasteiger partial charge in [0.25, 0.3) is 0 Å². The average molecular weight is 556 g/mol. The second-order valence-corrected chi connectivity index (χ2v) is 13.2. The van der Waals surface area contributed by atoms with E-state index >= 15 is 0 Å². The fraction of sp³-hybridized carbons (Fsp3) is 0.500. The molecule has 218 valence electrons. The van der Waals surface area contributed by atoms with Crippen LogP contribution in [0.4, 0.5) is 0 Å². The highest BCUT2D eigenvalue weighted by Crippen LogP contribution is 2.47. The van der Waals surface area contributed by atoms with Crippen molar-refractivity contribution in [2.24, 2.45) is 17.8 Å². The van der Waals surface area contributed by atoms with Gasteiger partial charge in [-0.25, -0.2) is 4.79 Å². The fourth-order valence-corrected chi connectivity index (χ4v) is 7.84. The Balaban J connectivity index is 1.54. The summed E-state index contributed by atoms with van der Waals surface area (Å²) in [6.45, 7) is 14.9. The maximum atomic E-state index is 14.1. The van der Waals surface area contributed by atoms with Gasteiger partial charge in [0, 0.05) is 29.3 Å². The van der Waals surface area contributed by atoms with Crippen LogP contribution in [0.1, 0.15) is 99.5 Å². The zero-order chi connectivity index (χ0) is 29.6. The predicted molar refractivity (Wildman–Crippen MR) is 163 cm³/mol. The molecule has 1 heterocycles. The minimum absolute atomic E-state index is 0.0422. The topological polar surface area (TPSA) is 75.6 Å². The summed E-state index contributed by atoms with van der Waals surface area (Å²) in [6, 6.07) is 11.3. The van der Waals surface area contributed by atoms with Gasteiger partial charge in [-0.1, -0.05) is 57.0 Å². The van der Waals surface area contributed by atoms with Crippen molar-refractivity contribution in [1.82, 2.24) is 5.32 Å². The molecule has 1 saturated carbocycles. The number of carbonyl (C=O) groups is 2. The number of ketones is 1. The zero-order valence-corrected chi connectivity index (χ0v) is 25.6. The molecule has 0 saturated heterocycles. The first-order valence-corrected chi connectivity index (χ1v) is 15.3. The number of aryl methyl sites for hydroxylation is 3. The van der Waals surface area contributed by atoms with Crippen molar-refractivity contribution in [3.63, 3.8) is 0 Å². The number of esters is 1. The van der Waals surface area contributed by atoms with Crippen molar-refractivity contribution >= 4 is 11.8 Å². The van der Waals surface area contributed by atoms with E-state index in [0.29, 0.717) is 41.7 Å². The second kappa shape index (κ2) is 11.5. The highest BCUT2D eigenvalue weighted by molar-refractivity contribution is 6.04. The van der Waals surface area contributed by atoms with Gasteiger partial charge in [-0.05, 0) is 105 Å². The Morgan fingerprint density at radius 3 is 2.39 bits per heavy atom. The number of phenols is 1. The van der Waals surface area contributed by atoms with Gasteiger partial charge >= 0.3 is 5.97 Å². The molecule has 0 aromatic heterocycles. The molecule has 2 unspecified atom stereocenters. The van der Waals surface area contributed by atoms with E-state index in [2.05, 4.69) is 59.0 Å². The molecule has 1 fully saturated rings. The minimum Gasteiger partial charge on any atom is -0.508 e. The third-order valence-corrected chi connectivity index (χ3v) is 9.62. The molecular formula is C36H45NO4. The smallest absolute Gasteiger partial charge is 0.337 e. The molecule has 5 nitrogen and oxygen atoms in total. The van der Waals surface area contributed by atoms with Gasteiger partial charge in [0.1, 0.15) is 11.9 Å². The van der Waals surface area contributed by atoms with Crippen molar-refractivity contribution in [3.05, 3.63) is 86.8 Å². The summed E-state index contributed by atoms with van der Waals surface area (Å²) in [4.78, 5) is 28.2. The molecule has 0 bridgehead atoms. The molecule has 0 spiro atoms. The lowest BCUT2D eigenvalue weighted by atomic mass is 9.70. The van der Waals surface area contributed by atoms with Gasteiger partial charge in [-0.15, -0.1) is 0 Å². The molecule has 2 aromatic rings. The number of phenolic OH excluding ortho intramolecular Hbond substituents is 1. The molecule has 1 aliphatic heterocycles. The Hall–Kier alpha value is -3.34. The van der Waals surface area contributed by atoms with Gasteiger partial charge < -0.3 is 15.2 Å². The molecule has 5 atom stereocenters. The van der Waals surface area contributed by atoms with Gasteiger partial charge in [-0.2, -0.15) is 0 Å². The normalized spacial score (nSPS) is 26.6. The molecule has 2 aliphatic carbocycles. The molecular weight excluding hydrogens is 510 g/mol. The summed E-state index contributed by atoms with van der Waals surface area (Å²) in [6.07, 6.45) is 3.99. The maximum absolute atomic E-state index is 14.1. The Kier molecular flexibility index (Phi) is 8.18. The number of rotatable bonds is 5. The van der Waals surface area contributed by atoms with E-state index in [9.17, 15) is 14.7 Å². The van der Waals surface area contributed by atoms with Crippen LogP contribution in [0.25, 0.3) is 0 Å². The number of dihydropyridines is 1. The zero-order valence-electron chi connectivity index (χ0n) is 25.6. The first-order chi connectivity index (χ1) is 19.4. The number of benzene rings is 2. The Labute approximate surface area is 245 Å². The quantitative estimate of drug-likeness (QED) is 0.370. The third kappa shape index (κ3) is 5.73. The Morgan fingerprint density at radius 2 is 1.73 bits per heavy atom. The second-order valence-electron chi connectivity index (χ2n) is 13.2. The standard InChI is InChI=1S/C36H45NO4/c1-19(2)28-12-11-20(3)15-31(28)41-36(40)33-24(7)37-29-17-26(32-22(5)13-21(4)14-23(32)6)18-30(39)35(29)34(33)25-9-8-10-27(38)16-25/h8-10,13-14,16,19-20,26,28,31,34,37-38H,11-12,15,17-18H2,1-7H3/t20-,26?,28+,31-,34?/m0/s1. The molecule has 41 heavy (non-hydrogen) atoms. The van der Waals surface area contributed by atoms with Crippen molar-refractivity contribution in [3.8, 4) is 5.75 Å². The molecule has 0 amide bonds. The number of allylic oxidation sites excluding steroid dienone is 3. The van der Waals surface area contributed by atoms with E-state index in [1.807, 2.05) is 13.0 Å². The summed E-state index contributed by atoms with van der Waals surface area (Å²) >= 11 is 0. The highest BCUT2D eigenvalue weighted by atomic mass is 16.5. The molecule has 2 N–H and O–H groups in total. The van der Waals surface area contributed by atoms with E-state index in [-0.39, 0.29) is 29.5 Å². The minimum atomic E-state index is -0.585. The Morgan fingerprint density at radius 1 is 1.02 bits per heavy atom. The van der Waals surface area contributed by atoms with Crippen LogP contribution in [0.5, 0.6) is 5.75 Å². The number of hydrogen-bond acceptors (Lipinski definition) is 5. The van der Waals surface area contributed by atoms with Crippen molar-refractivity contribution < 1.29 is 19.4 Å². The monoisotopic (exact) mass is 555 g/mol. The molecule has 3 aliphatic rings. The van der Waals surface area contributed by atoms with Gasteiger partial charge in [0.2, 0.25) is 0 Å². The number of hydrogen-bond donors (Lipinski definition) is 2. The van der Waals surface area contributed by atoms with Crippen LogP contribution in [0, 0.1) is 38.5 Å². The van der Waals surface area contributed by atoms with Crippen LogP contribution in [-0.4, -0.2) is 23.0 Å². The number of nitrogens with one attached hydrogen (secondary N) is 1. The first-order valence-electron chi connectivity index (χ1n) is 15.3. The molecule has 0 radical (unpaired) electrons. The average Bonchev–Trinajstić information content (AvgIpc) is 2.87.